The number of hydrogen-bond donors (Lipinski definition) is 2. The van der Waals surface area contributed by atoms with Gasteiger partial charge < -0.3 is 10.2 Å². The third kappa shape index (κ3) is 12.5. The van der Waals surface area contributed by atoms with Gasteiger partial charge in [-0.3, -0.25) is 9.59 Å². The van der Waals surface area contributed by atoms with Crippen LogP contribution < -0.4 is 0 Å². The number of carbonyl (C=O) groups is 2. The van der Waals surface area contributed by atoms with E-state index in [9.17, 15) is 9.59 Å². The van der Waals surface area contributed by atoms with Gasteiger partial charge in [0.1, 0.15) is 0 Å². The standard InChI is InChI=1S/C17H32O4.K.Na.2H/c1-3-5-6-7-8-9-10-11-12-13-14-17(4-2,15(18)19)16(20)21;;;;/h3-14H2,1-2H3,(H,18,19)(H,20,21);;;;. The molecule has 0 atom stereocenters. The Morgan fingerprint density at radius 1 is 0.739 bits per heavy atom. The van der Waals surface area contributed by atoms with Gasteiger partial charge in [-0.1, -0.05) is 78.1 Å². The number of carboxylic acids is 2. The summed E-state index contributed by atoms with van der Waals surface area (Å²) >= 11 is 0. The van der Waals surface area contributed by atoms with Gasteiger partial charge in [-0.2, -0.15) is 0 Å². The summed E-state index contributed by atoms with van der Waals surface area (Å²) in [5, 5.41) is 18.3. The molecule has 0 rings (SSSR count). The Balaban J connectivity index is -0.00000200. The number of unbranched alkanes of at least 4 members (excludes halogenated alkanes) is 9. The second kappa shape index (κ2) is 18.4. The van der Waals surface area contributed by atoms with Crippen LogP contribution in [-0.2, 0) is 9.59 Å². The summed E-state index contributed by atoms with van der Waals surface area (Å²) in [6.07, 6.45) is 12.0. The Kier molecular flexibility index (Phi) is 23.4. The van der Waals surface area contributed by atoms with E-state index >= 15 is 0 Å². The van der Waals surface area contributed by atoms with Gasteiger partial charge in [-0.15, -0.1) is 0 Å². The molecule has 4 nitrogen and oxygen atoms in total. The van der Waals surface area contributed by atoms with E-state index in [0.717, 1.165) is 12.8 Å². The van der Waals surface area contributed by atoms with Gasteiger partial charge in [0, 0.05) is 0 Å². The minimum absolute atomic E-state index is 0. The van der Waals surface area contributed by atoms with Gasteiger partial charge in [-0.25, -0.2) is 0 Å². The minimum atomic E-state index is -1.58. The van der Waals surface area contributed by atoms with Crippen molar-refractivity contribution in [1.29, 1.82) is 0 Å². The molecule has 23 heavy (non-hydrogen) atoms. The monoisotopic (exact) mass is 364 g/mol. The van der Waals surface area contributed by atoms with Crippen molar-refractivity contribution in [2.45, 2.75) is 90.9 Å². The number of aliphatic carboxylic acids is 2. The fourth-order valence-electron chi connectivity index (χ4n) is 2.70. The van der Waals surface area contributed by atoms with Crippen LogP contribution in [0, 0.1) is 5.41 Å². The Hall–Kier alpha value is 1.58. The third-order valence-corrected chi connectivity index (χ3v) is 4.38. The molecule has 0 saturated carbocycles. The zero-order chi connectivity index (χ0) is 16.1. The average molecular weight is 365 g/mol. The van der Waals surface area contributed by atoms with Crippen molar-refractivity contribution >= 4 is 92.9 Å². The summed E-state index contributed by atoms with van der Waals surface area (Å²) in [5.41, 5.74) is -1.58. The van der Waals surface area contributed by atoms with E-state index in [1.54, 1.807) is 6.92 Å². The quantitative estimate of drug-likeness (QED) is 0.281. The van der Waals surface area contributed by atoms with Gasteiger partial charge in [-0.05, 0) is 12.8 Å². The molecule has 6 heteroatoms. The Labute approximate surface area is 206 Å². The molecule has 0 spiro atoms. The van der Waals surface area contributed by atoms with Crippen LogP contribution in [0.1, 0.15) is 90.9 Å². The first-order valence-corrected chi connectivity index (χ1v) is 8.48. The van der Waals surface area contributed by atoms with E-state index < -0.39 is 17.4 Å². The molecule has 0 aromatic heterocycles. The first-order valence-electron chi connectivity index (χ1n) is 8.48. The van der Waals surface area contributed by atoms with Gasteiger partial charge >= 0.3 is 92.9 Å². The predicted molar refractivity (Wildman–Crippen MR) is 98.8 cm³/mol. The predicted octanol–water partition coefficient (Wildman–Crippen LogP) is 3.57. The fraction of sp³-hybridized carbons (Fsp3) is 0.882. The summed E-state index contributed by atoms with van der Waals surface area (Å²) in [6.45, 7) is 3.85. The number of rotatable bonds is 14. The molecule has 0 fully saturated rings. The van der Waals surface area contributed by atoms with Crippen molar-refractivity contribution in [2.75, 3.05) is 0 Å². The molecule has 0 saturated heterocycles. The van der Waals surface area contributed by atoms with E-state index in [1.165, 1.54) is 44.9 Å². The first kappa shape index (κ1) is 29.3. The van der Waals surface area contributed by atoms with Crippen molar-refractivity contribution in [2.24, 2.45) is 5.41 Å². The van der Waals surface area contributed by atoms with Crippen molar-refractivity contribution < 1.29 is 19.8 Å². The fourth-order valence-corrected chi connectivity index (χ4v) is 2.70. The van der Waals surface area contributed by atoms with Crippen LogP contribution >= 0.6 is 0 Å². The van der Waals surface area contributed by atoms with Crippen LogP contribution in [0.4, 0.5) is 0 Å². The van der Waals surface area contributed by atoms with E-state index in [1.807, 2.05) is 0 Å². The van der Waals surface area contributed by atoms with Crippen LogP contribution in [0.15, 0.2) is 0 Å². The number of carboxylic acid groups (broad SMARTS) is 2. The second-order valence-corrected chi connectivity index (χ2v) is 5.98. The molecular weight excluding hydrogens is 330 g/mol. The van der Waals surface area contributed by atoms with Crippen molar-refractivity contribution in [1.82, 2.24) is 0 Å². The topological polar surface area (TPSA) is 74.6 Å². The molecule has 0 aliphatic rings. The molecule has 2 N–H and O–H groups in total. The van der Waals surface area contributed by atoms with E-state index in [4.69, 9.17) is 10.2 Å². The van der Waals surface area contributed by atoms with Crippen molar-refractivity contribution in [3.05, 3.63) is 0 Å². The molecule has 0 radical (unpaired) electrons. The molecule has 0 amide bonds. The summed E-state index contributed by atoms with van der Waals surface area (Å²) in [4.78, 5) is 22.4. The summed E-state index contributed by atoms with van der Waals surface area (Å²) in [7, 11) is 0. The van der Waals surface area contributed by atoms with Crippen LogP contribution in [-0.4, -0.2) is 103 Å². The molecule has 0 aromatic carbocycles. The first-order chi connectivity index (χ1) is 10.0. The van der Waals surface area contributed by atoms with Crippen LogP contribution in [0.5, 0.6) is 0 Å². The zero-order valence-corrected chi connectivity index (χ0v) is 13.7. The molecule has 0 aliphatic heterocycles. The summed E-state index contributed by atoms with van der Waals surface area (Å²) in [6, 6.07) is 0. The van der Waals surface area contributed by atoms with E-state index in [2.05, 4.69) is 6.92 Å². The normalized spacial score (nSPS) is 10.5. The van der Waals surface area contributed by atoms with Crippen LogP contribution in [0.3, 0.4) is 0 Å². The average Bonchev–Trinajstić information content (AvgIpc) is 2.44. The van der Waals surface area contributed by atoms with Gasteiger partial charge in [0.25, 0.3) is 0 Å². The Bertz CT molecular complexity index is 297. The summed E-state index contributed by atoms with van der Waals surface area (Å²) < 4.78 is 0. The van der Waals surface area contributed by atoms with Gasteiger partial charge in [0.05, 0.1) is 0 Å². The van der Waals surface area contributed by atoms with Gasteiger partial charge in [0.2, 0.25) is 0 Å². The Morgan fingerprint density at radius 3 is 1.39 bits per heavy atom. The molecule has 0 heterocycles. The maximum atomic E-state index is 11.2. The van der Waals surface area contributed by atoms with Crippen LogP contribution in [0.25, 0.3) is 0 Å². The molecule has 0 aromatic rings. The number of hydrogen-bond acceptors (Lipinski definition) is 2. The molecular formula is C17H34KNaO4. The third-order valence-electron chi connectivity index (χ3n) is 4.38. The molecule has 128 valence electrons. The van der Waals surface area contributed by atoms with Gasteiger partial charge in [0.15, 0.2) is 5.41 Å². The molecule has 0 unspecified atom stereocenters. The van der Waals surface area contributed by atoms with Crippen molar-refractivity contribution in [3.63, 3.8) is 0 Å². The Morgan fingerprint density at radius 2 is 1.09 bits per heavy atom. The molecule has 0 aliphatic carbocycles. The van der Waals surface area contributed by atoms with E-state index in [-0.39, 0.29) is 93.8 Å². The van der Waals surface area contributed by atoms with E-state index in [0.29, 0.717) is 6.42 Å². The SMILES string of the molecule is CCCCCCCCCCCCC(CC)(C(=O)O)C(=O)O.[KH].[NaH]. The van der Waals surface area contributed by atoms with Crippen molar-refractivity contribution in [3.8, 4) is 0 Å². The maximum absolute atomic E-state index is 11.2. The van der Waals surface area contributed by atoms with Crippen LogP contribution in [0.2, 0.25) is 0 Å². The zero-order valence-electron chi connectivity index (χ0n) is 13.7. The molecule has 0 bridgehead atoms. The summed E-state index contributed by atoms with van der Waals surface area (Å²) in [5.74, 6) is -2.40. The second-order valence-electron chi connectivity index (χ2n) is 5.98.